The molecule has 0 aromatic carbocycles. The highest BCUT2D eigenvalue weighted by Gasteiger charge is 2.32. The molecule has 2 N–H and O–H groups in total. The Morgan fingerprint density at radius 2 is 2.11 bits per heavy atom. The van der Waals surface area contributed by atoms with Crippen LogP contribution in [0, 0.1) is 11.8 Å². The Hall–Kier alpha value is -0.120. The fourth-order valence-corrected chi connectivity index (χ4v) is 3.92. The van der Waals surface area contributed by atoms with Crippen molar-refractivity contribution in [1.29, 1.82) is 0 Å². The first-order valence-electron chi connectivity index (χ1n) is 7.80. The van der Waals surface area contributed by atoms with Crippen molar-refractivity contribution in [2.75, 3.05) is 26.7 Å². The molecule has 3 heteroatoms. The maximum Gasteiger partial charge on any atom is 0.0679 e. The maximum atomic E-state index is 9.63. The third-order valence-electron chi connectivity index (χ3n) is 4.90. The molecule has 4 unspecified atom stereocenters. The zero-order valence-electron chi connectivity index (χ0n) is 12.1. The van der Waals surface area contributed by atoms with Gasteiger partial charge in [0.25, 0.3) is 0 Å². The largest absolute Gasteiger partial charge is 0.392 e. The van der Waals surface area contributed by atoms with Gasteiger partial charge in [-0.25, -0.2) is 0 Å². The van der Waals surface area contributed by atoms with Crippen molar-refractivity contribution >= 4 is 0 Å². The Morgan fingerprint density at radius 3 is 2.72 bits per heavy atom. The summed E-state index contributed by atoms with van der Waals surface area (Å²) in [6, 6.07) is 0.691. The van der Waals surface area contributed by atoms with Gasteiger partial charge in [0, 0.05) is 25.7 Å². The number of rotatable bonds is 5. The Balaban J connectivity index is 1.85. The molecule has 0 aromatic rings. The lowest BCUT2D eigenvalue weighted by Gasteiger charge is -2.38. The van der Waals surface area contributed by atoms with Crippen LogP contribution in [0.15, 0.2) is 0 Å². The first kappa shape index (κ1) is 14.3. The van der Waals surface area contributed by atoms with Gasteiger partial charge in [-0.15, -0.1) is 0 Å². The highest BCUT2D eigenvalue weighted by atomic mass is 16.3. The molecule has 2 rings (SSSR count). The third-order valence-corrected chi connectivity index (χ3v) is 4.90. The lowest BCUT2D eigenvalue weighted by atomic mass is 9.76. The summed E-state index contributed by atoms with van der Waals surface area (Å²) in [6.07, 6.45) is 7.73. The van der Waals surface area contributed by atoms with Gasteiger partial charge in [-0.2, -0.15) is 0 Å². The molecule has 1 aliphatic carbocycles. The SMILES string of the molecule is CCCC1CCC(NC)C(CN2CCC(O)C2)C1. The summed E-state index contributed by atoms with van der Waals surface area (Å²) in [5.74, 6) is 1.72. The number of hydrogen-bond donors (Lipinski definition) is 2. The average molecular weight is 254 g/mol. The Morgan fingerprint density at radius 1 is 1.28 bits per heavy atom. The van der Waals surface area contributed by atoms with E-state index >= 15 is 0 Å². The van der Waals surface area contributed by atoms with Crippen molar-refractivity contribution in [3.05, 3.63) is 0 Å². The molecule has 1 saturated heterocycles. The molecule has 1 heterocycles. The predicted octanol–water partition coefficient (Wildman–Crippen LogP) is 1.86. The van der Waals surface area contributed by atoms with E-state index in [1.54, 1.807) is 0 Å². The lowest BCUT2D eigenvalue weighted by molar-refractivity contribution is 0.134. The van der Waals surface area contributed by atoms with E-state index in [1.165, 1.54) is 38.6 Å². The summed E-state index contributed by atoms with van der Waals surface area (Å²) in [6.45, 7) is 5.47. The molecule has 18 heavy (non-hydrogen) atoms. The molecule has 0 bridgehead atoms. The molecule has 2 aliphatic rings. The van der Waals surface area contributed by atoms with E-state index in [-0.39, 0.29) is 6.10 Å². The number of aliphatic hydroxyl groups excluding tert-OH is 1. The molecule has 4 atom stereocenters. The normalized spacial score (nSPS) is 38.2. The number of aliphatic hydroxyl groups is 1. The zero-order valence-corrected chi connectivity index (χ0v) is 12.1. The molecule has 0 spiro atoms. The van der Waals surface area contributed by atoms with Crippen LogP contribution in [0.1, 0.15) is 45.4 Å². The van der Waals surface area contributed by atoms with Crippen molar-refractivity contribution in [3.8, 4) is 0 Å². The van der Waals surface area contributed by atoms with Crippen LogP contribution in [-0.4, -0.2) is 48.8 Å². The van der Waals surface area contributed by atoms with Crippen molar-refractivity contribution in [2.45, 2.75) is 57.6 Å². The quantitative estimate of drug-likeness (QED) is 0.786. The van der Waals surface area contributed by atoms with Gasteiger partial charge in [-0.3, -0.25) is 0 Å². The van der Waals surface area contributed by atoms with Gasteiger partial charge in [-0.1, -0.05) is 19.8 Å². The molecule has 1 aliphatic heterocycles. The topological polar surface area (TPSA) is 35.5 Å². The van der Waals surface area contributed by atoms with Crippen LogP contribution < -0.4 is 5.32 Å². The summed E-state index contributed by atoms with van der Waals surface area (Å²) in [7, 11) is 2.11. The standard InChI is InChI=1S/C15H30N2O/c1-3-4-12-5-6-15(16-2)13(9-12)10-17-8-7-14(18)11-17/h12-16,18H,3-11H2,1-2H3. The minimum Gasteiger partial charge on any atom is -0.392 e. The first-order valence-corrected chi connectivity index (χ1v) is 7.80. The second-order valence-corrected chi connectivity index (χ2v) is 6.33. The van der Waals surface area contributed by atoms with Gasteiger partial charge < -0.3 is 15.3 Å². The molecule has 0 aromatic heterocycles. The molecule has 1 saturated carbocycles. The molecule has 106 valence electrons. The van der Waals surface area contributed by atoms with Crippen LogP contribution in [0.25, 0.3) is 0 Å². The Kier molecular flexibility index (Phi) is 5.46. The minimum atomic E-state index is -0.0759. The van der Waals surface area contributed by atoms with Gasteiger partial charge in [0.15, 0.2) is 0 Å². The lowest BCUT2D eigenvalue weighted by Crippen LogP contribution is -2.44. The Labute approximate surface area is 112 Å². The predicted molar refractivity (Wildman–Crippen MR) is 75.7 cm³/mol. The smallest absolute Gasteiger partial charge is 0.0679 e. The number of hydrogen-bond acceptors (Lipinski definition) is 3. The van der Waals surface area contributed by atoms with Gasteiger partial charge in [-0.05, 0) is 44.6 Å². The van der Waals surface area contributed by atoms with E-state index in [4.69, 9.17) is 0 Å². The molecule has 2 fully saturated rings. The summed E-state index contributed by atoms with van der Waals surface area (Å²) in [5.41, 5.74) is 0. The molecular weight excluding hydrogens is 224 g/mol. The van der Waals surface area contributed by atoms with Gasteiger partial charge in [0.2, 0.25) is 0 Å². The van der Waals surface area contributed by atoms with Gasteiger partial charge >= 0.3 is 0 Å². The summed E-state index contributed by atoms with van der Waals surface area (Å²) in [4.78, 5) is 2.47. The fourth-order valence-electron chi connectivity index (χ4n) is 3.92. The van der Waals surface area contributed by atoms with E-state index in [2.05, 4.69) is 24.2 Å². The van der Waals surface area contributed by atoms with Crippen molar-refractivity contribution in [3.63, 3.8) is 0 Å². The molecule has 0 radical (unpaired) electrons. The minimum absolute atomic E-state index is 0.0759. The second-order valence-electron chi connectivity index (χ2n) is 6.33. The van der Waals surface area contributed by atoms with Crippen LogP contribution >= 0.6 is 0 Å². The third kappa shape index (κ3) is 3.69. The van der Waals surface area contributed by atoms with Gasteiger partial charge in [0.05, 0.1) is 6.10 Å². The van der Waals surface area contributed by atoms with E-state index in [1.807, 2.05) is 0 Å². The summed E-state index contributed by atoms with van der Waals surface area (Å²) < 4.78 is 0. The maximum absolute atomic E-state index is 9.63. The first-order chi connectivity index (χ1) is 8.72. The van der Waals surface area contributed by atoms with E-state index < -0.39 is 0 Å². The van der Waals surface area contributed by atoms with Crippen molar-refractivity contribution < 1.29 is 5.11 Å². The van der Waals surface area contributed by atoms with Crippen LogP contribution in [0.5, 0.6) is 0 Å². The highest BCUT2D eigenvalue weighted by Crippen LogP contribution is 2.33. The van der Waals surface area contributed by atoms with Gasteiger partial charge in [0.1, 0.15) is 0 Å². The Bertz CT molecular complexity index is 247. The summed E-state index contributed by atoms with van der Waals surface area (Å²) >= 11 is 0. The van der Waals surface area contributed by atoms with Crippen LogP contribution in [0.3, 0.4) is 0 Å². The van der Waals surface area contributed by atoms with Crippen molar-refractivity contribution in [2.24, 2.45) is 11.8 Å². The van der Waals surface area contributed by atoms with Crippen LogP contribution in [0.2, 0.25) is 0 Å². The van der Waals surface area contributed by atoms with E-state index in [0.29, 0.717) is 6.04 Å². The highest BCUT2D eigenvalue weighted by molar-refractivity contribution is 4.87. The molecule has 3 nitrogen and oxygen atoms in total. The number of likely N-dealkylation sites (tertiary alicyclic amines) is 1. The average Bonchev–Trinajstić information content (AvgIpc) is 2.76. The molecular formula is C15H30N2O. The second kappa shape index (κ2) is 6.88. The van der Waals surface area contributed by atoms with Crippen molar-refractivity contribution in [1.82, 2.24) is 10.2 Å². The van der Waals surface area contributed by atoms with E-state index in [9.17, 15) is 5.11 Å². The van der Waals surface area contributed by atoms with Crippen LogP contribution in [0.4, 0.5) is 0 Å². The fraction of sp³-hybridized carbons (Fsp3) is 1.00. The summed E-state index contributed by atoms with van der Waals surface area (Å²) in [5, 5.41) is 13.1. The number of nitrogens with zero attached hydrogens (tertiary/aromatic N) is 1. The number of nitrogens with one attached hydrogen (secondary N) is 1. The number of β-amino-alcohol motifs (C(OH)–C–C–N with tert-alkyl or cyclic N) is 1. The zero-order chi connectivity index (χ0) is 13.0. The van der Waals surface area contributed by atoms with Crippen LogP contribution in [-0.2, 0) is 0 Å². The molecule has 0 amide bonds. The monoisotopic (exact) mass is 254 g/mol. The van der Waals surface area contributed by atoms with E-state index in [0.717, 1.165) is 31.3 Å².